The summed E-state index contributed by atoms with van der Waals surface area (Å²) in [6.45, 7) is 0. The topological polar surface area (TPSA) is 139 Å². The minimum Gasteiger partial charge on any atom is -0.465 e. The molecule has 0 bridgehead atoms. The Kier molecular flexibility index (Phi) is 6.34. The highest BCUT2D eigenvalue weighted by atomic mass is 16.5. The Bertz CT molecular complexity index is 1210. The van der Waals surface area contributed by atoms with Crippen LogP contribution >= 0.6 is 0 Å². The molecule has 0 aromatic heterocycles. The van der Waals surface area contributed by atoms with Crippen LogP contribution in [-0.2, 0) is 9.47 Å². The van der Waals surface area contributed by atoms with Gasteiger partial charge in [-0.05, 0) is 36.4 Å². The second kappa shape index (κ2) is 9.13. The number of anilines is 2. The van der Waals surface area contributed by atoms with E-state index in [1.807, 2.05) is 0 Å². The van der Waals surface area contributed by atoms with Crippen LogP contribution in [0.3, 0.4) is 0 Å². The lowest BCUT2D eigenvalue weighted by molar-refractivity contribution is 0.0592. The zero-order valence-corrected chi connectivity index (χ0v) is 17.4. The van der Waals surface area contributed by atoms with E-state index in [2.05, 4.69) is 9.47 Å². The van der Waals surface area contributed by atoms with E-state index in [-0.39, 0.29) is 44.8 Å². The molecule has 0 aliphatic heterocycles. The number of hydrogen-bond acceptors (Lipinski definition) is 8. The van der Waals surface area contributed by atoms with Crippen molar-refractivity contribution in [1.82, 2.24) is 0 Å². The molecule has 162 valence electrons. The molecule has 3 aromatic rings. The van der Waals surface area contributed by atoms with Gasteiger partial charge in [-0.2, -0.15) is 0 Å². The van der Waals surface area contributed by atoms with E-state index in [1.165, 1.54) is 74.9 Å². The summed E-state index contributed by atoms with van der Waals surface area (Å²) < 4.78 is 9.30. The Morgan fingerprint density at radius 1 is 0.594 bits per heavy atom. The number of methoxy groups -OCH3 is 2. The van der Waals surface area contributed by atoms with Gasteiger partial charge in [-0.15, -0.1) is 0 Å². The third kappa shape index (κ3) is 4.20. The molecule has 0 fully saturated rings. The third-order valence-corrected chi connectivity index (χ3v) is 4.89. The molecular formula is C24H20N2O6. The van der Waals surface area contributed by atoms with Crippen molar-refractivity contribution >= 4 is 34.9 Å². The maximum Gasteiger partial charge on any atom is 0.337 e. The smallest absolute Gasteiger partial charge is 0.337 e. The van der Waals surface area contributed by atoms with Crippen LogP contribution in [-0.4, -0.2) is 37.7 Å². The molecule has 0 radical (unpaired) electrons. The Morgan fingerprint density at radius 3 is 1.44 bits per heavy atom. The van der Waals surface area contributed by atoms with Crippen molar-refractivity contribution in [2.75, 3.05) is 25.7 Å². The SMILES string of the molecule is COC(=O)c1ccc(C(=O)c2ccc(N)c(N)c2C(=O)c2ccc(C(=O)OC)cc2)cc1. The van der Waals surface area contributed by atoms with Crippen LogP contribution in [0.15, 0.2) is 60.7 Å². The number of carbonyl (C=O) groups excluding carboxylic acids is 4. The van der Waals surface area contributed by atoms with Gasteiger partial charge >= 0.3 is 11.9 Å². The summed E-state index contributed by atoms with van der Waals surface area (Å²) in [6.07, 6.45) is 0. The minimum atomic E-state index is -0.543. The van der Waals surface area contributed by atoms with Crippen molar-refractivity contribution in [3.05, 3.63) is 94.0 Å². The summed E-state index contributed by atoms with van der Waals surface area (Å²) in [6, 6.07) is 14.5. The van der Waals surface area contributed by atoms with Gasteiger partial charge < -0.3 is 20.9 Å². The van der Waals surface area contributed by atoms with Crippen LogP contribution in [0.25, 0.3) is 0 Å². The van der Waals surface area contributed by atoms with Gasteiger partial charge in [-0.3, -0.25) is 9.59 Å². The lowest BCUT2D eigenvalue weighted by Gasteiger charge is -2.13. The summed E-state index contributed by atoms with van der Waals surface area (Å²) in [7, 11) is 2.51. The first-order valence-corrected chi connectivity index (χ1v) is 9.42. The van der Waals surface area contributed by atoms with Gasteiger partial charge in [-0.25, -0.2) is 9.59 Å². The van der Waals surface area contributed by atoms with Crippen LogP contribution in [0.1, 0.15) is 52.6 Å². The molecule has 0 heterocycles. The highest BCUT2D eigenvalue weighted by Crippen LogP contribution is 2.29. The highest BCUT2D eigenvalue weighted by molar-refractivity contribution is 6.22. The average Bonchev–Trinajstić information content (AvgIpc) is 2.83. The van der Waals surface area contributed by atoms with Crippen LogP contribution in [0, 0.1) is 0 Å². The number of nitrogens with two attached hydrogens (primary N) is 2. The second-order valence-electron chi connectivity index (χ2n) is 6.79. The molecule has 0 spiro atoms. The molecule has 8 heteroatoms. The van der Waals surface area contributed by atoms with Gasteiger partial charge in [0.1, 0.15) is 0 Å². The third-order valence-electron chi connectivity index (χ3n) is 4.89. The van der Waals surface area contributed by atoms with E-state index in [4.69, 9.17) is 11.5 Å². The summed E-state index contributed by atoms with van der Waals surface area (Å²) in [4.78, 5) is 49.7. The van der Waals surface area contributed by atoms with Gasteiger partial charge in [0.05, 0.1) is 42.3 Å². The van der Waals surface area contributed by atoms with Crippen molar-refractivity contribution in [3.8, 4) is 0 Å². The highest BCUT2D eigenvalue weighted by Gasteiger charge is 2.24. The molecule has 0 saturated heterocycles. The summed E-state index contributed by atoms with van der Waals surface area (Å²) >= 11 is 0. The molecule has 0 aliphatic rings. The predicted octanol–water partition coefficient (Wildman–Crippen LogP) is 2.89. The zero-order chi connectivity index (χ0) is 23.4. The summed E-state index contributed by atoms with van der Waals surface area (Å²) in [5.41, 5.74) is 13.1. The van der Waals surface area contributed by atoms with E-state index in [0.29, 0.717) is 0 Å². The number of ether oxygens (including phenoxy) is 2. The van der Waals surface area contributed by atoms with Crippen LogP contribution in [0.4, 0.5) is 11.4 Å². The van der Waals surface area contributed by atoms with Gasteiger partial charge in [0.25, 0.3) is 0 Å². The lowest BCUT2D eigenvalue weighted by atomic mass is 9.91. The molecule has 0 unspecified atom stereocenters. The Labute approximate surface area is 183 Å². The monoisotopic (exact) mass is 432 g/mol. The summed E-state index contributed by atoms with van der Waals surface area (Å²) in [5.74, 6) is -2.07. The lowest BCUT2D eigenvalue weighted by Crippen LogP contribution is -2.15. The number of benzene rings is 3. The Morgan fingerprint density at radius 2 is 1.00 bits per heavy atom. The number of ketones is 2. The van der Waals surface area contributed by atoms with Gasteiger partial charge in [0.2, 0.25) is 0 Å². The largest absolute Gasteiger partial charge is 0.465 e. The van der Waals surface area contributed by atoms with Crippen molar-refractivity contribution in [1.29, 1.82) is 0 Å². The molecule has 0 amide bonds. The van der Waals surface area contributed by atoms with E-state index >= 15 is 0 Å². The van der Waals surface area contributed by atoms with E-state index in [1.54, 1.807) is 0 Å². The zero-order valence-electron chi connectivity index (χ0n) is 17.4. The standard InChI is InChI=1S/C24H20N2O6/c1-31-23(29)15-7-3-13(4-8-15)21(27)17-11-12-18(25)20(26)19(17)22(28)14-5-9-16(10-6-14)24(30)32-2/h3-12H,25-26H2,1-2H3. The number of esters is 2. The van der Waals surface area contributed by atoms with Gasteiger partial charge in [-0.1, -0.05) is 24.3 Å². The number of nitrogen functional groups attached to an aromatic ring is 2. The molecule has 0 saturated carbocycles. The van der Waals surface area contributed by atoms with Crippen molar-refractivity contribution in [2.24, 2.45) is 0 Å². The molecule has 0 aliphatic carbocycles. The van der Waals surface area contributed by atoms with E-state index in [0.717, 1.165) is 0 Å². The number of rotatable bonds is 6. The molecular weight excluding hydrogens is 412 g/mol. The van der Waals surface area contributed by atoms with Crippen molar-refractivity contribution in [2.45, 2.75) is 0 Å². The maximum absolute atomic E-state index is 13.2. The summed E-state index contributed by atoms with van der Waals surface area (Å²) in [5, 5.41) is 0. The minimum absolute atomic E-state index is 0.0240. The number of hydrogen-bond donors (Lipinski definition) is 2. The normalized spacial score (nSPS) is 10.3. The van der Waals surface area contributed by atoms with Crippen molar-refractivity contribution in [3.63, 3.8) is 0 Å². The quantitative estimate of drug-likeness (QED) is 0.344. The molecule has 3 aromatic carbocycles. The first kappa shape index (κ1) is 22.2. The Balaban J connectivity index is 2.03. The van der Waals surface area contributed by atoms with Crippen LogP contribution in [0.5, 0.6) is 0 Å². The first-order chi connectivity index (χ1) is 15.3. The van der Waals surface area contributed by atoms with Gasteiger partial charge in [0, 0.05) is 16.7 Å². The van der Waals surface area contributed by atoms with Gasteiger partial charge in [0.15, 0.2) is 11.6 Å². The van der Waals surface area contributed by atoms with Crippen molar-refractivity contribution < 1.29 is 28.7 Å². The predicted molar refractivity (Wildman–Crippen MR) is 118 cm³/mol. The first-order valence-electron chi connectivity index (χ1n) is 9.42. The molecule has 32 heavy (non-hydrogen) atoms. The number of carbonyl (C=O) groups is 4. The molecule has 0 atom stereocenters. The fraction of sp³-hybridized carbons (Fsp3) is 0.0833. The Hall–Kier alpha value is -4.46. The van der Waals surface area contributed by atoms with Crippen LogP contribution < -0.4 is 11.5 Å². The average molecular weight is 432 g/mol. The van der Waals surface area contributed by atoms with E-state index in [9.17, 15) is 19.2 Å². The van der Waals surface area contributed by atoms with Crippen LogP contribution in [0.2, 0.25) is 0 Å². The van der Waals surface area contributed by atoms with E-state index < -0.39 is 23.5 Å². The fourth-order valence-corrected chi connectivity index (χ4v) is 3.12. The molecule has 4 N–H and O–H groups in total. The molecule has 8 nitrogen and oxygen atoms in total. The second-order valence-corrected chi connectivity index (χ2v) is 6.79. The molecule has 3 rings (SSSR count). The fourth-order valence-electron chi connectivity index (χ4n) is 3.12. The maximum atomic E-state index is 13.2.